The molecule has 1 aliphatic rings. The fourth-order valence-corrected chi connectivity index (χ4v) is 4.58. The van der Waals surface area contributed by atoms with E-state index in [1.807, 2.05) is 11.8 Å². The van der Waals surface area contributed by atoms with Crippen LogP contribution in [-0.2, 0) is 17.8 Å². The average Bonchev–Trinajstić information content (AvgIpc) is 3.14. The summed E-state index contributed by atoms with van der Waals surface area (Å²) in [7, 11) is 0. The van der Waals surface area contributed by atoms with Crippen molar-refractivity contribution in [2.75, 3.05) is 26.2 Å². The normalized spacial score (nSPS) is 14.2. The van der Waals surface area contributed by atoms with Gasteiger partial charge in [-0.25, -0.2) is 0 Å². The van der Waals surface area contributed by atoms with Crippen LogP contribution < -0.4 is 10.6 Å². The summed E-state index contributed by atoms with van der Waals surface area (Å²) in [6.07, 6.45) is 4.78. The molecule has 0 atom stereocenters. The van der Waals surface area contributed by atoms with Gasteiger partial charge in [0.1, 0.15) is 0 Å². The second kappa shape index (κ2) is 13.4. The first-order valence-corrected chi connectivity index (χ1v) is 11.5. The lowest BCUT2D eigenvalue weighted by atomic mass is 9.93. The Bertz CT molecular complexity index is 644. The molecule has 1 amide bonds. The van der Waals surface area contributed by atoms with Crippen LogP contribution in [0.1, 0.15) is 63.3 Å². The minimum Gasteiger partial charge on any atom is -0.388 e. The summed E-state index contributed by atoms with van der Waals surface area (Å²) in [6.45, 7) is 9.38. The van der Waals surface area contributed by atoms with Crippen molar-refractivity contribution in [1.82, 2.24) is 15.5 Å². The molecule has 8 heteroatoms. The Morgan fingerprint density at radius 2 is 2.00 bits per heavy atom. The summed E-state index contributed by atoms with van der Waals surface area (Å²) < 4.78 is 0. The van der Waals surface area contributed by atoms with Crippen LogP contribution in [0.5, 0.6) is 0 Å². The summed E-state index contributed by atoms with van der Waals surface area (Å²) >= 11 is 1.79. The Hall–Kier alpha value is -0.870. The van der Waals surface area contributed by atoms with Crippen LogP contribution >= 0.6 is 35.3 Å². The number of aliphatic hydroxyl groups is 1. The predicted molar refractivity (Wildman–Crippen MR) is 132 cm³/mol. The molecule has 1 aliphatic heterocycles. The third-order valence-corrected chi connectivity index (χ3v) is 6.12. The van der Waals surface area contributed by atoms with E-state index in [-0.39, 0.29) is 29.9 Å². The molecule has 166 valence electrons. The van der Waals surface area contributed by atoms with Gasteiger partial charge in [-0.05, 0) is 43.2 Å². The van der Waals surface area contributed by atoms with Crippen molar-refractivity contribution in [3.05, 3.63) is 21.9 Å². The van der Waals surface area contributed by atoms with Gasteiger partial charge in [-0.2, -0.15) is 0 Å². The molecule has 0 fully saturated rings. The molecule has 0 spiro atoms. The number of aliphatic imine (C=N–C) groups is 1. The lowest BCUT2D eigenvalue weighted by Gasteiger charge is -2.27. The van der Waals surface area contributed by atoms with Gasteiger partial charge in [-0.1, -0.05) is 26.7 Å². The number of rotatable bonds is 10. The van der Waals surface area contributed by atoms with Gasteiger partial charge in [0.2, 0.25) is 5.91 Å². The van der Waals surface area contributed by atoms with Crippen LogP contribution in [0.4, 0.5) is 0 Å². The van der Waals surface area contributed by atoms with E-state index in [9.17, 15) is 9.90 Å². The Morgan fingerprint density at radius 3 is 2.66 bits per heavy atom. The summed E-state index contributed by atoms with van der Waals surface area (Å²) in [5.74, 6) is 0.841. The number of halogens is 1. The van der Waals surface area contributed by atoms with Crippen LogP contribution in [0.2, 0.25) is 0 Å². The highest BCUT2D eigenvalue weighted by atomic mass is 127. The first-order valence-electron chi connectivity index (χ1n) is 10.6. The van der Waals surface area contributed by atoms with Crippen molar-refractivity contribution >= 4 is 47.2 Å². The molecule has 0 saturated carbocycles. The SMILES string of the molecule is CCCC(O)(CCC)CN=C(NCC)NCCC(=O)N1CCc2sccc2C1.I. The predicted octanol–water partition coefficient (Wildman–Crippen LogP) is 3.53. The zero-order valence-electron chi connectivity index (χ0n) is 18.0. The number of hydrogen-bond acceptors (Lipinski definition) is 4. The van der Waals surface area contributed by atoms with Crippen molar-refractivity contribution in [2.45, 2.75) is 71.4 Å². The van der Waals surface area contributed by atoms with Crippen molar-refractivity contribution in [2.24, 2.45) is 4.99 Å². The molecule has 0 bridgehead atoms. The van der Waals surface area contributed by atoms with Crippen molar-refractivity contribution in [1.29, 1.82) is 0 Å². The smallest absolute Gasteiger partial charge is 0.224 e. The van der Waals surface area contributed by atoms with E-state index in [0.29, 0.717) is 25.5 Å². The van der Waals surface area contributed by atoms with Crippen LogP contribution in [0, 0.1) is 0 Å². The second-order valence-corrected chi connectivity index (χ2v) is 8.53. The number of amides is 1. The number of nitrogens with zero attached hydrogens (tertiary/aromatic N) is 2. The minimum atomic E-state index is -0.742. The molecule has 29 heavy (non-hydrogen) atoms. The van der Waals surface area contributed by atoms with E-state index >= 15 is 0 Å². The molecule has 1 aromatic heterocycles. The van der Waals surface area contributed by atoms with Crippen molar-refractivity contribution < 1.29 is 9.90 Å². The standard InChI is InChI=1S/C21H36N4O2S.HI/c1-4-10-21(27,11-5-2)16-24-20(22-6-3)23-12-7-19(26)25-13-8-18-17(15-25)9-14-28-18;/h9,14,27H,4-8,10-13,15-16H2,1-3H3,(H2,22,23,24);1H. The quantitative estimate of drug-likeness (QED) is 0.243. The van der Waals surface area contributed by atoms with Gasteiger partial charge in [-0.15, -0.1) is 35.3 Å². The first-order chi connectivity index (χ1) is 13.5. The molecule has 2 rings (SSSR count). The van der Waals surface area contributed by atoms with Gasteiger partial charge in [0.25, 0.3) is 0 Å². The first kappa shape index (κ1) is 26.2. The molecular formula is C21H37IN4O2S. The molecule has 2 heterocycles. The number of fused-ring (bicyclic) bond motifs is 1. The Labute approximate surface area is 196 Å². The Kier molecular flexibility index (Phi) is 12.1. The van der Waals surface area contributed by atoms with Gasteiger partial charge < -0.3 is 20.6 Å². The maximum Gasteiger partial charge on any atom is 0.224 e. The van der Waals surface area contributed by atoms with Gasteiger partial charge in [0.15, 0.2) is 5.96 Å². The molecule has 0 unspecified atom stereocenters. The average molecular weight is 537 g/mol. The summed E-state index contributed by atoms with van der Waals surface area (Å²) in [6, 6.07) is 2.13. The van der Waals surface area contributed by atoms with Crippen LogP contribution in [-0.4, -0.2) is 53.7 Å². The van der Waals surface area contributed by atoms with E-state index in [0.717, 1.165) is 51.7 Å². The van der Waals surface area contributed by atoms with E-state index < -0.39 is 5.60 Å². The molecule has 6 nitrogen and oxygen atoms in total. The van der Waals surface area contributed by atoms with Gasteiger partial charge in [0.05, 0.1) is 12.1 Å². The number of nitrogens with one attached hydrogen (secondary N) is 2. The van der Waals surface area contributed by atoms with Crippen LogP contribution in [0.15, 0.2) is 16.4 Å². The van der Waals surface area contributed by atoms with E-state index in [1.165, 1.54) is 10.4 Å². The number of thiophene rings is 1. The molecule has 0 saturated heterocycles. The minimum absolute atomic E-state index is 0. The zero-order chi connectivity index (χ0) is 20.4. The topological polar surface area (TPSA) is 77.0 Å². The number of hydrogen-bond donors (Lipinski definition) is 3. The van der Waals surface area contributed by atoms with Crippen molar-refractivity contribution in [3.63, 3.8) is 0 Å². The number of carbonyl (C=O) groups excluding carboxylic acids is 1. The molecule has 0 aliphatic carbocycles. The van der Waals surface area contributed by atoms with Gasteiger partial charge in [0, 0.05) is 37.5 Å². The lowest BCUT2D eigenvalue weighted by molar-refractivity contribution is -0.131. The number of guanidine groups is 1. The second-order valence-electron chi connectivity index (χ2n) is 7.53. The maximum absolute atomic E-state index is 12.5. The highest BCUT2D eigenvalue weighted by molar-refractivity contribution is 14.0. The third kappa shape index (κ3) is 8.41. The molecule has 0 radical (unpaired) electrons. The van der Waals surface area contributed by atoms with Crippen LogP contribution in [0.3, 0.4) is 0 Å². The third-order valence-electron chi connectivity index (χ3n) is 5.10. The molecule has 3 N–H and O–H groups in total. The highest BCUT2D eigenvalue weighted by Gasteiger charge is 2.25. The molecule has 1 aromatic rings. The number of carbonyl (C=O) groups is 1. The summed E-state index contributed by atoms with van der Waals surface area (Å²) in [5.41, 5.74) is 0.548. The van der Waals surface area contributed by atoms with E-state index in [4.69, 9.17) is 0 Å². The van der Waals surface area contributed by atoms with E-state index in [2.05, 4.69) is 40.9 Å². The monoisotopic (exact) mass is 536 g/mol. The molecule has 0 aromatic carbocycles. The summed E-state index contributed by atoms with van der Waals surface area (Å²) in [5, 5.41) is 19.3. The van der Waals surface area contributed by atoms with Gasteiger partial charge in [-0.3, -0.25) is 9.79 Å². The van der Waals surface area contributed by atoms with Crippen molar-refractivity contribution in [3.8, 4) is 0 Å². The Morgan fingerprint density at radius 1 is 1.28 bits per heavy atom. The fraction of sp³-hybridized carbons (Fsp3) is 0.714. The van der Waals surface area contributed by atoms with E-state index in [1.54, 1.807) is 11.3 Å². The van der Waals surface area contributed by atoms with Gasteiger partial charge >= 0.3 is 0 Å². The summed E-state index contributed by atoms with van der Waals surface area (Å²) in [4.78, 5) is 20.5. The van der Waals surface area contributed by atoms with Crippen LogP contribution in [0.25, 0.3) is 0 Å². The molecular weight excluding hydrogens is 499 g/mol. The Balaban J connectivity index is 0.00000420. The zero-order valence-corrected chi connectivity index (χ0v) is 21.1. The fourth-order valence-electron chi connectivity index (χ4n) is 3.69. The highest BCUT2D eigenvalue weighted by Crippen LogP contribution is 2.24. The largest absolute Gasteiger partial charge is 0.388 e. The lowest BCUT2D eigenvalue weighted by Crippen LogP contribution is -2.42. The maximum atomic E-state index is 12.5.